The first kappa shape index (κ1) is 22.3. The fourth-order valence-electron chi connectivity index (χ4n) is 3.13. The molecule has 0 spiro atoms. The van der Waals surface area contributed by atoms with Crippen LogP contribution in [0.5, 0.6) is 0 Å². The maximum Gasteiger partial charge on any atom is 0.261 e. The van der Waals surface area contributed by atoms with Gasteiger partial charge in [0.25, 0.3) is 15.9 Å². The highest BCUT2D eigenvalue weighted by atomic mass is 32.2. The highest BCUT2D eigenvalue weighted by Gasteiger charge is 2.18. The molecule has 11 heteroatoms. The third kappa shape index (κ3) is 5.68. The van der Waals surface area contributed by atoms with E-state index in [0.29, 0.717) is 24.9 Å². The van der Waals surface area contributed by atoms with Crippen LogP contribution >= 0.6 is 11.3 Å². The molecule has 0 bridgehead atoms. The number of morpholine rings is 1. The van der Waals surface area contributed by atoms with Crippen molar-refractivity contribution in [3.05, 3.63) is 71.0 Å². The number of nitrogens with zero attached hydrogens (tertiary/aromatic N) is 2. The topological polar surface area (TPSA) is 101 Å². The summed E-state index contributed by atoms with van der Waals surface area (Å²) in [6, 6.07) is 10.6. The summed E-state index contributed by atoms with van der Waals surface area (Å²) in [5.41, 5.74) is 1.25. The van der Waals surface area contributed by atoms with Gasteiger partial charge in [-0.15, -0.1) is 11.3 Å². The third-order valence-corrected chi connectivity index (χ3v) is 6.95. The van der Waals surface area contributed by atoms with Gasteiger partial charge < -0.3 is 4.74 Å². The molecule has 0 radical (unpaired) electrons. The molecule has 32 heavy (non-hydrogen) atoms. The van der Waals surface area contributed by atoms with Crippen LogP contribution in [-0.4, -0.2) is 50.5 Å². The van der Waals surface area contributed by atoms with Crippen LogP contribution in [0.1, 0.15) is 16.1 Å². The molecule has 3 aromatic rings. The first-order chi connectivity index (χ1) is 15.4. The van der Waals surface area contributed by atoms with E-state index in [9.17, 15) is 17.6 Å². The van der Waals surface area contributed by atoms with Gasteiger partial charge in [0.05, 0.1) is 23.8 Å². The second-order valence-electron chi connectivity index (χ2n) is 7.13. The van der Waals surface area contributed by atoms with Gasteiger partial charge in [-0.2, -0.15) is 0 Å². The third-order valence-electron chi connectivity index (χ3n) is 4.76. The van der Waals surface area contributed by atoms with Crippen molar-refractivity contribution < 1.29 is 22.3 Å². The number of carbonyl (C=O) groups is 1. The largest absolute Gasteiger partial charge is 0.379 e. The number of hydrogen-bond acceptors (Lipinski definition) is 7. The normalized spacial score (nSPS) is 14.8. The van der Waals surface area contributed by atoms with Crippen molar-refractivity contribution in [1.82, 2.24) is 9.88 Å². The molecule has 2 aromatic carbocycles. The van der Waals surface area contributed by atoms with Gasteiger partial charge in [-0.05, 0) is 42.5 Å². The molecule has 1 aromatic heterocycles. The summed E-state index contributed by atoms with van der Waals surface area (Å²) in [6.45, 7) is 3.75. The number of ether oxygens (including phenoxy) is 1. The summed E-state index contributed by atoms with van der Waals surface area (Å²) in [7, 11) is -3.95. The number of anilines is 2. The molecule has 4 rings (SSSR count). The molecule has 1 aliphatic rings. The van der Waals surface area contributed by atoms with E-state index in [0.717, 1.165) is 30.9 Å². The van der Waals surface area contributed by atoms with Gasteiger partial charge in [0.15, 0.2) is 5.13 Å². The first-order valence-electron chi connectivity index (χ1n) is 9.83. The molecule has 0 atom stereocenters. The summed E-state index contributed by atoms with van der Waals surface area (Å²) in [5.74, 6) is -0.932. The number of hydrogen-bond donors (Lipinski definition) is 2. The van der Waals surface area contributed by atoms with Gasteiger partial charge >= 0.3 is 0 Å². The standard InChI is InChI=1S/C21H21FN4O4S2/c22-16-4-6-17(7-5-16)25-32(28,29)19-3-1-2-15(12-19)20(27)24-21-23-18(14-31-21)13-26-8-10-30-11-9-26/h1-7,12,14,25H,8-11,13H2,(H,23,24,27). The summed E-state index contributed by atoms with van der Waals surface area (Å²) >= 11 is 1.31. The molecular weight excluding hydrogens is 455 g/mol. The van der Waals surface area contributed by atoms with Crippen molar-refractivity contribution in [2.75, 3.05) is 36.3 Å². The van der Waals surface area contributed by atoms with Gasteiger partial charge in [-0.25, -0.2) is 17.8 Å². The zero-order valence-electron chi connectivity index (χ0n) is 17.0. The predicted molar refractivity (Wildman–Crippen MR) is 120 cm³/mol. The highest BCUT2D eigenvalue weighted by molar-refractivity contribution is 7.92. The molecule has 2 heterocycles. The van der Waals surface area contributed by atoms with Gasteiger partial charge in [0.2, 0.25) is 0 Å². The number of amides is 1. The van der Waals surface area contributed by atoms with Crippen LogP contribution in [0.3, 0.4) is 0 Å². The van der Waals surface area contributed by atoms with Crippen molar-refractivity contribution in [3.8, 4) is 0 Å². The van der Waals surface area contributed by atoms with E-state index < -0.39 is 21.7 Å². The average Bonchev–Trinajstić information content (AvgIpc) is 3.22. The second kappa shape index (κ2) is 9.74. The minimum atomic E-state index is -3.95. The zero-order valence-corrected chi connectivity index (χ0v) is 18.6. The van der Waals surface area contributed by atoms with Crippen molar-refractivity contribution in [1.29, 1.82) is 0 Å². The lowest BCUT2D eigenvalue weighted by Crippen LogP contribution is -2.35. The number of aromatic nitrogens is 1. The Bertz CT molecular complexity index is 1190. The van der Waals surface area contributed by atoms with E-state index in [1.165, 1.54) is 47.7 Å². The lowest BCUT2D eigenvalue weighted by molar-refractivity contribution is 0.0337. The van der Waals surface area contributed by atoms with Crippen LogP contribution in [0, 0.1) is 5.82 Å². The van der Waals surface area contributed by atoms with E-state index in [2.05, 4.69) is 19.9 Å². The SMILES string of the molecule is O=C(Nc1nc(CN2CCOCC2)cs1)c1cccc(S(=O)(=O)Nc2ccc(F)cc2)c1. The smallest absolute Gasteiger partial charge is 0.261 e. The fourth-order valence-corrected chi connectivity index (χ4v) is 4.93. The molecule has 8 nitrogen and oxygen atoms in total. The van der Waals surface area contributed by atoms with Gasteiger partial charge in [0.1, 0.15) is 5.82 Å². The van der Waals surface area contributed by atoms with Crippen molar-refractivity contribution >= 4 is 38.1 Å². The molecule has 0 saturated carbocycles. The molecule has 168 valence electrons. The van der Waals surface area contributed by atoms with Gasteiger partial charge in [-0.3, -0.25) is 19.7 Å². The summed E-state index contributed by atoms with van der Waals surface area (Å²) in [4.78, 5) is 19.3. The lowest BCUT2D eigenvalue weighted by Gasteiger charge is -2.25. The Morgan fingerprint density at radius 3 is 2.66 bits per heavy atom. The molecule has 0 unspecified atom stereocenters. The summed E-state index contributed by atoms with van der Waals surface area (Å²) in [5, 5.41) is 5.05. The van der Waals surface area contributed by atoms with E-state index in [-0.39, 0.29) is 16.1 Å². The van der Waals surface area contributed by atoms with Gasteiger partial charge in [0, 0.05) is 36.3 Å². The highest BCUT2D eigenvalue weighted by Crippen LogP contribution is 2.21. The van der Waals surface area contributed by atoms with E-state index in [1.54, 1.807) is 0 Å². The van der Waals surface area contributed by atoms with Crippen LogP contribution < -0.4 is 10.0 Å². The van der Waals surface area contributed by atoms with Crippen molar-refractivity contribution in [3.63, 3.8) is 0 Å². The summed E-state index contributed by atoms with van der Waals surface area (Å²) in [6.07, 6.45) is 0. The minimum absolute atomic E-state index is 0.0818. The lowest BCUT2D eigenvalue weighted by atomic mass is 10.2. The second-order valence-corrected chi connectivity index (χ2v) is 9.67. The van der Waals surface area contributed by atoms with Crippen LogP contribution in [-0.2, 0) is 21.3 Å². The molecule has 1 saturated heterocycles. The first-order valence-corrected chi connectivity index (χ1v) is 12.2. The van der Waals surface area contributed by atoms with E-state index in [4.69, 9.17) is 4.74 Å². The van der Waals surface area contributed by atoms with Gasteiger partial charge in [-0.1, -0.05) is 6.07 Å². The van der Waals surface area contributed by atoms with Crippen molar-refractivity contribution in [2.45, 2.75) is 11.4 Å². The van der Waals surface area contributed by atoms with Crippen LogP contribution in [0.25, 0.3) is 0 Å². The Morgan fingerprint density at radius 1 is 1.16 bits per heavy atom. The number of thiazole rings is 1. The molecule has 0 aliphatic carbocycles. The Hall–Kier alpha value is -2.86. The number of sulfonamides is 1. The Kier molecular flexibility index (Phi) is 6.80. The fraction of sp³-hybridized carbons (Fsp3) is 0.238. The zero-order chi connectivity index (χ0) is 22.6. The van der Waals surface area contributed by atoms with Crippen LogP contribution in [0.4, 0.5) is 15.2 Å². The number of carbonyl (C=O) groups excluding carboxylic acids is 1. The average molecular weight is 477 g/mol. The summed E-state index contributed by atoms with van der Waals surface area (Å²) < 4.78 is 46.1. The van der Waals surface area contributed by atoms with Crippen LogP contribution in [0.15, 0.2) is 58.8 Å². The minimum Gasteiger partial charge on any atom is -0.379 e. The Balaban J connectivity index is 1.42. The molecule has 1 fully saturated rings. The van der Waals surface area contributed by atoms with Crippen molar-refractivity contribution in [2.24, 2.45) is 0 Å². The molecule has 1 aliphatic heterocycles. The predicted octanol–water partition coefficient (Wildman–Crippen LogP) is 3.17. The number of halogens is 1. The number of rotatable bonds is 7. The number of nitrogens with one attached hydrogen (secondary N) is 2. The Morgan fingerprint density at radius 2 is 1.91 bits per heavy atom. The molecule has 1 amide bonds. The maximum absolute atomic E-state index is 13.0. The Labute approximate surface area is 189 Å². The monoisotopic (exact) mass is 476 g/mol. The quantitative estimate of drug-likeness (QED) is 0.543. The van der Waals surface area contributed by atoms with E-state index >= 15 is 0 Å². The van der Waals surface area contributed by atoms with E-state index in [1.807, 2.05) is 5.38 Å². The molecule has 2 N–H and O–H groups in total. The van der Waals surface area contributed by atoms with Crippen LogP contribution in [0.2, 0.25) is 0 Å². The maximum atomic E-state index is 13.0. The molecular formula is C21H21FN4O4S2. The number of benzene rings is 2.